The Kier molecular flexibility index (Phi) is 5.88. The van der Waals surface area contributed by atoms with Gasteiger partial charge in [0.15, 0.2) is 0 Å². The van der Waals surface area contributed by atoms with E-state index in [0.29, 0.717) is 0 Å². The van der Waals surface area contributed by atoms with Crippen molar-refractivity contribution in [2.24, 2.45) is 17.2 Å². The first-order valence-corrected chi connectivity index (χ1v) is 4.37. The first-order valence-electron chi connectivity index (χ1n) is 4.37. The van der Waals surface area contributed by atoms with Gasteiger partial charge in [0.2, 0.25) is 11.8 Å². The predicted octanol–water partition coefficient (Wildman–Crippen LogP) is -0.765. The Morgan fingerprint density at radius 1 is 1.08 bits per heavy atom. The van der Waals surface area contributed by atoms with Crippen LogP contribution in [0.25, 0.3) is 0 Å². The van der Waals surface area contributed by atoms with Crippen molar-refractivity contribution in [2.75, 3.05) is 0 Å². The molecule has 1 aliphatic rings. The lowest BCUT2D eigenvalue weighted by atomic mass is 10.0. The quantitative estimate of drug-likeness (QED) is 0.539. The number of carbonyl (C=O) groups is 2. The Balaban J connectivity index is 0.000000293. The molecule has 0 bridgehead atoms. The second kappa shape index (κ2) is 6.42. The summed E-state index contributed by atoms with van der Waals surface area (Å²) in [4.78, 5) is 20.2. The lowest BCUT2D eigenvalue weighted by Crippen LogP contribution is -2.39. The third-order valence-corrected chi connectivity index (χ3v) is 1.79. The number of amides is 2. The minimum absolute atomic E-state index is 0.185. The van der Waals surface area contributed by atoms with Gasteiger partial charge in [0.25, 0.3) is 0 Å². The van der Waals surface area contributed by atoms with Crippen LogP contribution in [0, 0.1) is 0 Å². The Labute approximate surface area is 77.6 Å². The second-order valence-corrected chi connectivity index (χ2v) is 3.09. The number of rotatable bonds is 3. The molecule has 0 heterocycles. The predicted molar refractivity (Wildman–Crippen MR) is 49.4 cm³/mol. The van der Waals surface area contributed by atoms with Gasteiger partial charge in [0, 0.05) is 0 Å². The standard InChI is InChI=1S/C4H9N3O2.C4H8/c5-2(4(7)9)1-3(6)8;1-2-4-3-1/h2H,1,5H2,(H2,6,8)(H2,7,9);1-4H2. The summed E-state index contributed by atoms with van der Waals surface area (Å²) in [5.74, 6) is -1.34. The van der Waals surface area contributed by atoms with Crippen LogP contribution in [0.2, 0.25) is 0 Å². The molecule has 0 aromatic heterocycles. The number of nitrogens with two attached hydrogens (primary N) is 3. The summed E-state index contributed by atoms with van der Waals surface area (Å²) in [7, 11) is 0. The van der Waals surface area contributed by atoms with Crippen molar-refractivity contribution >= 4 is 11.8 Å². The van der Waals surface area contributed by atoms with Crippen molar-refractivity contribution in [3.05, 3.63) is 0 Å². The smallest absolute Gasteiger partial charge is 0.234 e. The maximum Gasteiger partial charge on any atom is 0.234 e. The molecule has 0 saturated heterocycles. The van der Waals surface area contributed by atoms with Gasteiger partial charge in [-0.15, -0.1) is 0 Å². The van der Waals surface area contributed by atoms with Gasteiger partial charge >= 0.3 is 0 Å². The minimum Gasteiger partial charge on any atom is -0.370 e. The Morgan fingerprint density at radius 3 is 1.54 bits per heavy atom. The van der Waals surface area contributed by atoms with E-state index in [9.17, 15) is 9.59 Å². The Morgan fingerprint density at radius 2 is 1.46 bits per heavy atom. The summed E-state index contributed by atoms with van der Waals surface area (Å²) < 4.78 is 0. The van der Waals surface area contributed by atoms with E-state index in [4.69, 9.17) is 17.2 Å². The molecule has 1 fully saturated rings. The monoisotopic (exact) mass is 187 g/mol. The minimum atomic E-state index is -0.942. The van der Waals surface area contributed by atoms with E-state index in [1.807, 2.05) is 0 Å². The third kappa shape index (κ3) is 7.27. The number of hydrogen-bond donors (Lipinski definition) is 3. The van der Waals surface area contributed by atoms with Crippen molar-refractivity contribution in [3.63, 3.8) is 0 Å². The molecular weight excluding hydrogens is 170 g/mol. The molecule has 5 heteroatoms. The molecule has 2 amide bonds. The largest absolute Gasteiger partial charge is 0.370 e. The van der Waals surface area contributed by atoms with Gasteiger partial charge in [-0.1, -0.05) is 25.7 Å². The van der Waals surface area contributed by atoms with E-state index in [0.717, 1.165) is 0 Å². The molecular formula is C8H17N3O2. The van der Waals surface area contributed by atoms with Crippen molar-refractivity contribution in [2.45, 2.75) is 38.1 Å². The molecule has 1 unspecified atom stereocenters. The molecule has 6 N–H and O–H groups in total. The fraction of sp³-hybridized carbons (Fsp3) is 0.750. The van der Waals surface area contributed by atoms with E-state index < -0.39 is 17.9 Å². The molecule has 0 spiro atoms. The SMILES string of the molecule is C1CCC1.NC(=O)CC(N)C(N)=O. The van der Waals surface area contributed by atoms with Crippen LogP contribution < -0.4 is 17.2 Å². The topological polar surface area (TPSA) is 112 Å². The fourth-order valence-corrected chi connectivity index (χ4v) is 0.567. The van der Waals surface area contributed by atoms with Gasteiger partial charge in [-0.05, 0) is 0 Å². The highest BCUT2D eigenvalue weighted by molar-refractivity contribution is 5.86. The van der Waals surface area contributed by atoms with Gasteiger partial charge in [-0.25, -0.2) is 0 Å². The van der Waals surface area contributed by atoms with E-state index in [1.165, 1.54) is 25.7 Å². The molecule has 5 nitrogen and oxygen atoms in total. The van der Waals surface area contributed by atoms with E-state index in [2.05, 4.69) is 0 Å². The lowest BCUT2D eigenvalue weighted by Gasteiger charge is -2.05. The van der Waals surface area contributed by atoms with Crippen LogP contribution in [0.15, 0.2) is 0 Å². The van der Waals surface area contributed by atoms with Crippen molar-refractivity contribution in [3.8, 4) is 0 Å². The first-order chi connectivity index (χ1) is 6.04. The summed E-state index contributed by atoms with van der Waals surface area (Å²) in [5, 5.41) is 0. The van der Waals surface area contributed by atoms with Crippen LogP contribution in [0.3, 0.4) is 0 Å². The molecule has 1 atom stereocenters. The van der Waals surface area contributed by atoms with Crippen molar-refractivity contribution < 1.29 is 9.59 Å². The fourth-order valence-electron chi connectivity index (χ4n) is 0.567. The van der Waals surface area contributed by atoms with Crippen LogP contribution in [-0.4, -0.2) is 17.9 Å². The number of carbonyl (C=O) groups excluding carboxylic acids is 2. The van der Waals surface area contributed by atoms with E-state index >= 15 is 0 Å². The summed E-state index contributed by atoms with van der Waals surface area (Å²) >= 11 is 0. The van der Waals surface area contributed by atoms with Gasteiger partial charge < -0.3 is 17.2 Å². The van der Waals surface area contributed by atoms with Crippen LogP contribution in [0.1, 0.15) is 32.1 Å². The van der Waals surface area contributed by atoms with Gasteiger partial charge in [-0.2, -0.15) is 0 Å². The third-order valence-electron chi connectivity index (χ3n) is 1.79. The summed E-state index contributed by atoms with van der Waals surface area (Å²) in [5.41, 5.74) is 14.5. The highest BCUT2D eigenvalue weighted by Gasteiger charge is 2.10. The molecule has 13 heavy (non-hydrogen) atoms. The summed E-state index contributed by atoms with van der Waals surface area (Å²) in [6, 6.07) is -0.942. The van der Waals surface area contributed by atoms with Gasteiger partial charge in [-0.3, -0.25) is 9.59 Å². The second-order valence-electron chi connectivity index (χ2n) is 3.09. The molecule has 0 radical (unpaired) electrons. The molecule has 0 aliphatic heterocycles. The normalized spacial score (nSPS) is 16.1. The first kappa shape index (κ1) is 11.9. The average molecular weight is 187 g/mol. The molecule has 76 valence electrons. The molecule has 1 aliphatic carbocycles. The Bertz CT molecular complexity index is 174. The zero-order chi connectivity index (χ0) is 10.3. The van der Waals surface area contributed by atoms with Gasteiger partial charge in [0.1, 0.15) is 0 Å². The molecule has 0 aromatic carbocycles. The average Bonchev–Trinajstić information content (AvgIpc) is 1.80. The lowest BCUT2D eigenvalue weighted by molar-refractivity contribution is -0.124. The molecule has 1 rings (SSSR count). The van der Waals surface area contributed by atoms with Gasteiger partial charge in [0.05, 0.1) is 12.5 Å². The number of hydrogen-bond acceptors (Lipinski definition) is 3. The van der Waals surface area contributed by atoms with Crippen LogP contribution >= 0.6 is 0 Å². The van der Waals surface area contributed by atoms with Crippen LogP contribution in [-0.2, 0) is 9.59 Å². The summed E-state index contributed by atoms with van der Waals surface area (Å²) in [6.45, 7) is 0. The van der Waals surface area contributed by atoms with E-state index in [-0.39, 0.29) is 6.42 Å². The summed E-state index contributed by atoms with van der Waals surface area (Å²) in [6.07, 6.45) is 5.81. The van der Waals surface area contributed by atoms with Crippen LogP contribution in [0.4, 0.5) is 0 Å². The highest BCUT2D eigenvalue weighted by atomic mass is 16.2. The highest BCUT2D eigenvalue weighted by Crippen LogP contribution is 2.15. The molecule has 1 saturated carbocycles. The van der Waals surface area contributed by atoms with E-state index in [1.54, 1.807) is 0 Å². The van der Waals surface area contributed by atoms with Crippen LogP contribution in [0.5, 0.6) is 0 Å². The number of primary amides is 2. The maximum absolute atomic E-state index is 10.1. The van der Waals surface area contributed by atoms with Crippen molar-refractivity contribution in [1.29, 1.82) is 0 Å². The van der Waals surface area contributed by atoms with Crippen molar-refractivity contribution in [1.82, 2.24) is 0 Å². The zero-order valence-corrected chi connectivity index (χ0v) is 7.66. The Hall–Kier alpha value is -1.10. The zero-order valence-electron chi connectivity index (χ0n) is 7.66. The maximum atomic E-state index is 10.1. The molecule has 0 aromatic rings.